The van der Waals surface area contributed by atoms with E-state index in [0.717, 1.165) is 0 Å². The number of rotatable bonds is 5. The highest BCUT2D eigenvalue weighted by Gasteiger charge is 2.10. The van der Waals surface area contributed by atoms with E-state index in [1.165, 1.54) is 0 Å². The predicted octanol–water partition coefficient (Wildman–Crippen LogP) is 0.673. The molecule has 0 aliphatic carbocycles. The molecule has 0 spiro atoms. The van der Waals surface area contributed by atoms with Gasteiger partial charge < -0.3 is 21.0 Å². The maximum Gasteiger partial charge on any atom is 0.315 e. The Morgan fingerprint density at radius 1 is 1.37 bits per heavy atom. The van der Waals surface area contributed by atoms with Crippen molar-refractivity contribution >= 4 is 23.4 Å². The van der Waals surface area contributed by atoms with Gasteiger partial charge in [0.05, 0.1) is 6.61 Å². The summed E-state index contributed by atoms with van der Waals surface area (Å²) in [6.45, 7) is 1.90. The number of anilines is 1. The molecule has 7 heteroatoms. The maximum absolute atomic E-state index is 11.5. The number of carbonyl (C=O) groups is 2. The Labute approximate surface area is 110 Å². The summed E-state index contributed by atoms with van der Waals surface area (Å²) in [5.74, 6) is -1.06. The van der Waals surface area contributed by atoms with Crippen LogP contribution in [0.1, 0.15) is 18.9 Å². The number of nitrogens with one attached hydrogen (secondary N) is 1. The third-order valence-electron chi connectivity index (χ3n) is 2.18. The van der Waals surface area contributed by atoms with Crippen molar-refractivity contribution in [3.8, 4) is 0 Å². The van der Waals surface area contributed by atoms with Gasteiger partial charge in [-0.05, 0) is 31.2 Å². The van der Waals surface area contributed by atoms with Crippen LogP contribution in [0.5, 0.6) is 0 Å². The van der Waals surface area contributed by atoms with Crippen LogP contribution < -0.4 is 11.1 Å². The van der Waals surface area contributed by atoms with E-state index in [1.54, 1.807) is 31.2 Å². The summed E-state index contributed by atoms with van der Waals surface area (Å²) < 4.78 is 4.66. The summed E-state index contributed by atoms with van der Waals surface area (Å²) in [6, 6.07) is 6.32. The van der Waals surface area contributed by atoms with Crippen LogP contribution in [0, 0.1) is 0 Å². The molecule has 0 heterocycles. The van der Waals surface area contributed by atoms with Crippen LogP contribution in [0.4, 0.5) is 5.69 Å². The van der Waals surface area contributed by atoms with E-state index in [2.05, 4.69) is 15.2 Å². The first kappa shape index (κ1) is 14.5. The number of amides is 1. The highest BCUT2D eigenvalue weighted by Crippen LogP contribution is 2.09. The summed E-state index contributed by atoms with van der Waals surface area (Å²) in [5.41, 5.74) is 6.42. The second kappa shape index (κ2) is 7.00. The van der Waals surface area contributed by atoms with Crippen molar-refractivity contribution in [2.45, 2.75) is 13.3 Å². The van der Waals surface area contributed by atoms with E-state index >= 15 is 0 Å². The van der Waals surface area contributed by atoms with Crippen molar-refractivity contribution in [3.63, 3.8) is 0 Å². The van der Waals surface area contributed by atoms with Gasteiger partial charge in [0.1, 0.15) is 6.42 Å². The Hall–Kier alpha value is -2.57. The third-order valence-corrected chi connectivity index (χ3v) is 2.18. The van der Waals surface area contributed by atoms with Gasteiger partial charge in [0.15, 0.2) is 5.84 Å². The summed E-state index contributed by atoms with van der Waals surface area (Å²) in [4.78, 5) is 22.6. The van der Waals surface area contributed by atoms with Gasteiger partial charge in [0, 0.05) is 11.3 Å². The van der Waals surface area contributed by atoms with Crippen LogP contribution in [0.15, 0.2) is 29.4 Å². The molecular formula is C12H15N3O4. The standard InChI is InChI=1S/C12H15N3O4/c1-2-19-11(17)7-10(16)14-9-5-3-8(4-6-9)12(13)15-18/h3-6,18H,2,7H2,1H3,(H2,13,15)(H,14,16). The van der Waals surface area contributed by atoms with E-state index in [9.17, 15) is 9.59 Å². The number of hydrogen-bond donors (Lipinski definition) is 3. The van der Waals surface area contributed by atoms with Gasteiger partial charge in [-0.15, -0.1) is 0 Å². The van der Waals surface area contributed by atoms with Gasteiger partial charge in [-0.2, -0.15) is 0 Å². The van der Waals surface area contributed by atoms with Crippen molar-refractivity contribution in [1.29, 1.82) is 0 Å². The highest BCUT2D eigenvalue weighted by molar-refractivity contribution is 6.02. The predicted molar refractivity (Wildman–Crippen MR) is 68.8 cm³/mol. The summed E-state index contributed by atoms with van der Waals surface area (Å²) >= 11 is 0. The molecule has 0 atom stereocenters. The van der Waals surface area contributed by atoms with Gasteiger partial charge in [-0.1, -0.05) is 5.16 Å². The lowest BCUT2D eigenvalue weighted by Gasteiger charge is -2.06. The van der Waals surface area contributed by atoms with Crippen molar-refractivity contribution in [2.24, 2.45) is 10.9 Å². The summed E-state index contributed by atoms with van der Waals surface area (Å²) in [5, 5.41) is 13.9. The number of nitrogens with zero attached hydrogens (tertiary/aromatic N) is 1. The monoisotopic (exact) mass is 265 g/mol. The molecule has 1 amide bonds. The van der Waals surface area contributed by atoms with E-state index in [1.807, 2.05) is 0 Å². The molecule has 1 aromatic rings. The first-order valence-corrected chi connectivity index (χ1v) is 5.60. The molecule has 1 aromatic carbocycles. The van der Waals surface area contributed by atoms with Crippen molar-refractivity contribution in [2.75, 3.05) is 11.9 Å². The zero-order chi connectivity index (χ0) is 14.3. The Morgan fingerprint density at radius 3 is 2.53 bits per heavy atom. The van der Waals surface area contributed by atoms with Crippen molar-refractivity contribution < 1.29 is 19.5 Å². The molecule has 0 bridgehead atoms. The SMILES string of the molecule is CCOC(=O)CC(=O)Nc1ccc(/C(N)=N\O)cc1. The number of carbonyl (C=O) groups excluding carboxylic acids is 2. The first-order chi connectivity index (χ1) is 9.06. The molecule has 0 aliphatic heterocycles. The fourth-order valence-electron chi connectivity index (χ4n) is 1.33. The fourth-order valence-corrected chi connectivity index (χ4v) is 1.33. The second-order valence-electron chi connectivity index (χ2n) is 3.59. The van der Waals surface area contributed by atoms with Crippen LogP contribution in [0.25, 0.3) is 0 Å². The topological polar surface area (TPSA) is 114 Å². The smallest absolute Gasteiger partial charge is 0.315 e. The molecule has 0 radical (unpaired) electrons. The lowest BCUT2D eigenvalue weighted by molar-refractivity contribution is -0.145. The van der Waals surface area contributed by atoms with Gasteiger partial charge in [-0.3, -0.25) is 9.59 Å². The van der Waals surface area contributed by atoms with E-state index in [-0.39, 0.29) is 18.9 Å². The van der Waals surface area contributed by atoms with Crippen LogP contribution in [0.3, 0.4) is 0 Å². The van der Waals surface area contributed by atoms with Crippen molar-refractivity contribution in [1.82, 2.24) is 0 Å². The quantitative estimate of drug-likeness (QED) is 0.181. The lowest BCUT2D eigenvalue weighted by Crippen LogP contribution is -2.18. The van der Waals surface area contributed by atoms with Gasteiger partial charge in [0.25, 0.3) is 0 Å². The number of ether oxygens (including phenoxy) is 1. The van der Waals surface area contributed by atoms with Crippen LogP contribution >= 0.6 is 0 Å². The molecule has 1 rings (SSSR count). The van der Waals surface area contributed by atoms with Crippen LogP contribution in [0.2, 0.25) is 0 Å². The number of nitrogens with two attached hydrogens (primary N) is 1. The third kappa shape index (κ3) is 4.66. The molecule has 4 N–H and O–H groups in total. The molecule has 0 aromatic heterocycles. The average Bonchev–Trinajstić information content (AvgIpc) is 2.38. The minimum atomic E-state index is -0.576. The Kier molecular flexibility index (Phi) is 5.34. The molecule has 0 fully saturated rings. The first-order valence-electron chi connectivity index (χ1n) is 5.60. The average molecular weight is 265 g/mol. The molecule has 102 valence electrons. The van der Waals surface area contributed by atoms with E-state index in [4.69, 9.17) is 10.9 Å². The molecular weight excluding hydrogens is 250 g/mol. The molecule has 0 unspecified atom stereocenters. The fraction of sp³-hybridized carbons (Fsp3) is 0.250. The molecule has 0 aliphatic rings. The minimum Gasteiger partial charge on any atom is -0.466 e. The van der Waals surface area contributed by atoms with Gasteiger partial charge >= 0.3 is 5.97 Å². The number of oxime groups is 1. The van der Waals surface area contributed by atoms with E-state index in [0.29, 0.717) is 11.3 Å². The number of benzene rings is 1. The van der Waals surface area contributed by atoms with Gasteiger partial charge in [-0.25, -0.2) is 0 Å². The minimum absolute atomic E-state index is 0.0237. The lowest BCUT2D eigenvalue weighted by atomic mass is 10.2. The Morgan fingerprint density at radius 2 is 2.00 bits per heavy atom. The number of amidine groups is 1. The van der Waals surface area contributed by atoms with E-state index < -0.39 is 11.9 Å². The zero-order valence-electron chi connectivity index (χ0n) is 10.4. The largest absolute Gasteiger partial charge is 0.466 e. The maximum atomic E-state index is 11.5. The number of hydrogen-bond acceptors (Lipinski definition) is 5. The molecule has 7 nitrogen and oxygen atoms in total. The summed E-state index contributed by atoms with van der Waals surface area (Å²) in [7, 11) is 0. The second-order valence-corrected chi connectivity index (χ2v) is 3.59. The molecule has 19 heavy (non-hydrogen) atoms. The Bertz CT molecular complexity index is 482. The number of esters is 1. The summed E-state index contributed by atoms with van der Waals surface area (Å²) in [6.07, 6.45) is -0.337. The molecule has 0 saturated carbocycles. The highest BCUT2D eigenvalue weighted by atomic mass is 16.5. The van der Waals surface area contributed by atoms with Crippen LogP contribution in [-0.2, 0) is 14.3 Å². The van der Waals surface area contributed by atoms with Crippen molar-refractivity contribution in [3.05, 3.63) is 29.8 Å². The van der Waals surface area contributed by atoms with Gasteiger partial charge in [0.2, 0.25) is 5.91 Å². The zero-order valence-corrected chi connectivity index (χ0v) is 10.4. The molecule has 0 saturated heterocycles. The normalized spacial score (nSPS) is 10.9. The Balaban J connectivity index is 2.58. The van der Waals surface area contributed by atoms with Crippen LogP contribution in [-0.4, -0.2) is 29.5 Å².